The molecule has 3 nitrogen and oxygen atoms in total. The third kappa shape index (κ3) is 3.73. The Hall–Kier alpha value is -1.33. The number of hydrogen-bond donors (Lipinski definition) is 0. The number of hydrogen-bond acceptors (Lipinski definition) is 3. The van der Waals surface area contributed by atoms with E-state index in [1.54, 1.807) is 6.92 Å². The summed E-state index contributed by atoms with van der Waals surface area (Å²) in [6, 6.07) is 1.45. The Morgan fingerprint density at radius 3 is 2.47 bits per heavy atom. The van der Waals surface area contributed by atoms with E-state index in [9.17, 15) is 13.2 Å². The van der Waals surface area contributed by atoms with Gasteiger partial charge in [0.15, 0.2) is 0 Å². The summed E-state index contributed by atoms with van der Waals surface area (Å²) in [6.07, 6.45) is -0.906. The first-order valence-electron chi connectivity index (χ1n) is 4.38. The zero-order valence-corrected chi connectivity index (χ0v) is 8.76. The van der Waals surface area contributed by atoms with Crippen molar-refractivity contribution in [3.63, 3.8) is 0 Å². The van der Waals surface area contributed by atoms with E-state index >= 15 is 0 Å². The molecule has 0 aromatic carbocycles. The average Bonchev–Trinajstić information content (AvgIpc) is 1.98. The van der Waals surface area contributed by atoms with E-state index in [4.69, 9.17) is 0 Å². The largest absolute Gasteiger partial charge is 0.353 e. The molecule has 15 heavy (non-hydrogen) atoms. The number of rotatable bonds is 3. The van der Waals surface area contributed by atoms with Gasteiger partial charge in [-0.05, 0) is 6.92 Å². The van der Waals surface area contributed by atoms with Gasteiger partial charge in [0.1, 0.15) is 5.82 Å². The van der Waals surface area contributed by atoms with Gasteiger partial charge in [0, 0.05) is 25.7 Å². The molecule has 0 atom stereocenters. The van der Waals surface area contributed by atoms with Crippen molar-refractivity contribution in [1.82, 2.24) is 9.97 Å². The van der Waals surface area contributed by atoms with E-state index in [0.29, 0.717) is 5.69 Å². The summed E-state index contributed by atoms with van der Waals surface area (Å²) in [5.41, 5.74) is 0.406. The van der Waals surface area contributed by atoms with Crippen LogP contribution in [0.15, 0.2) is 6.07 Å². The highest BCUT2D eigenvalue weighted by molar-refractivity contribution is 5.37. The van der Waals surface area contributed by atoms with E-state index in [1.807, 2.05) is 0 Å². The topological polar surface area (TPSA) is 29.0 Å². The summed E-state index contributed by atoms with van der Waals surface area (Å²) in [5.74, 6) is -2.69. The summed E-state index contributed by atoms with van der Waals surface area (Å²) in [6.45, 7) is 1.86. The first-order chi connectivity index (χ1) is 6.78. The van der Waals surface area contributed by atoms with E-state index in [-0.39, 0.29) is 5.82 Å². The van der Waals surface area contributed by atoms with Gasteiger partial charge in [0.05, 0.1) is 6.54 Å². The van der Waals surface area contributed by atoms with Crippen LogP contribution in [0.3, 0.4) is 0 Å². The minimum Gasteiger partial charge on any atom is -0.353 e. The smallest absolute Gasteiger partial charge is 0.310 e. The maximum absolute atomic E-state index is 12.8. The Kier molecular flexibility index (Phi) is 3.16. The molecule has 0 radical (unpaired) electrons. The number of aromatic nitrogens is 2. The third-order valence-corrected chi connectivity index (χ3v) is 1.72. The highest BCUT2D eigenvalue weighted by Gasteiger charge is 2.24. The van der Waals surface area contributed by atoms with Gasteiger partial charge >= 0.3 is 6.08 Å². The molecular weight excluding hydrogens is 207 g/mol. The van der Waals surface area contributed by atoms with Crippen molar-refractivity contribution in [1.29, 1.82) is 0 Å². The predicted molar refractivity (Wildman–Crippen MR) is 50.6 cm³/mol. The monoisotopic (exact) mass is 219 g/mol. The van der Waals surface area contributed by atoms with Gasteiger partial charge in [0.2, 0.25) is 0 Å². The van der Waals surface area contributed by atoms with Gasteiger partial charge in [-0.15, -0.1) is 0 Å². The van der Waals surface area contributed by atoms with Crippen molar-refractivity contribution in [2.24, 2.45) is 0 Å². The van der Waals surface area contributed by atoms with Crippen LogP contribution in [-0.4, -0.2) is 29.5 Å². The third-order valence-electron chi connectivity index (χ3n) is 1.72. The van der Waals surface area contributed by atoms with Crippen molar-refractivity contribution in [2.45, 2.75) is 19.8 Å². The Bertz CT molecular complexity index is 329. The van der Waals surface area contributed by atoms with Crippen LogP contribution in [-0.2, 0) is 0 Å². The molecule has 0 unspecified atom stereocenters. The Morgan fingerprint density at radius 1 is 1.40 bits per heavy atom. The molecule has 1 heterocycles. The first-order valence-corrected chi connectivity index (χ1v) is 4.38. The fourth-order valence-electron chi connectivity index (χ4n) is 1.21. The molecule has 0 aliphatic rings. The summed E-state index contributed by atoms with van der Waals surface area (Å²) in [5, 5.41) is 0. The molecule has 6 heteroatoms. The van der Waals surface area contributed by atoms with Gasteiger partial charge in [-0.1, -0.05) is 0 Å². The van der Waals surface area contributed by atoms with E-state index in [0.717, 1.165) is 6.92 Å². The van der Waals surface area contributed by atoms with Crippen LogP contribution >= 0.6 is 0 Å². The van der Waals surface area contributed by atoms with Crippen molar-refractivity contribution in [3.8, 4) is 0 Å². The molecule has 1 aromatic rings. The van der Waals surface area contributed by atoms with Gasteiger partial charge in [-0.2, -0.15) is 9.37 Å². The van der Waals surface area contributed by atoms with Crippen LogP contribution in [0.2, 0.25) is 0 Å². The molecule has 0 N–H and O–H groups in total. The summed E-state index contributed by atoms with van der Waals surface area (Å²) >= 11 is 0. The Morgan fingerprint density at radius 2 is 2.00 bits per heavy atom. The quantitative estimate of drug-likeness (QED) is 0.728. The van der Waals surface area contributed by atoms with Gasteiger partial charge in [-0.25, -0.2) is 13.8 Å². The molecule has 0 aliphatic heterocycles. The van der Waals surface area contributed by atoms with Crippen molar-refractivity contribution < 1.29 is 13.2 Å². The van der Waals surface area contributed by atoms with E-state index < -0.39 is 18.5 Å². The molecule has 0 fully saturated rings. The molecular formula is C9H12F3N3. The van der Waals surface area contributed by atoms with Gasteiger partial charge in [-0.3, -0.25) is 0 Å². The number of alkyl halides is 2. The molecule has 0 bridgehead atoms. The summed E-state index contributed by atoms with van der Waals surface area (Å²) in [7, 11) is 1.43. The minimum absolute atomic E-state index is 0.154. The molecule has 0 aliphatic carbocycles. The van der Waals surface area contributed by atoms with Crippen LogP contribution < -0.4 is 4.90 Å². The van der Waals surface area contributed by atoms with Gasteiger partial charge in [0.25, 0.3) is 5.92 Å². The zero-order valence-electron chi connectivity index (χ0n) is 8.76. The maximum atomic E-state index is 12.8. The fourth-order valence-corrected chi connectivity index (χ4v) is 1.21. The molecule has 0 saturated heterocycles. The molecule has 1 aromatic heterocycles. The second-order valence-electron chi connectivity index (χ2n) is 3.56. The maximum Gasteiger partial charge on any atom is 0.310 e. The molecule has 0 spiro atoms. The first kappa shape index (κ1) is 11.7. The Labute approximate surface area is 86.0 Å². The normalized spacial score (nSPS) is 11.6. The van der Waals surface area contributed by atoms with Crippen LogP contribution in [0.1, 0.15) is 12.6 Å². The van der Waals surface area contributed by atoms with Crippen LogP contribution in [0, 0.1) is 13.0 Å². The lowest BCUT2D eigenvalue weighted by molar-refractivity contribution is 0.0309. The lowest BCUT2D eigenvalue weighted by Crippen LogP contribution is -2.32. The van der Waals surface area contributed by atoms with E-state index in [2.05, 4.69) is 9.97 Å². The highest BCUT2D eigenvalue weighted by Crippen LogP contribution is 2.17. The number of nitrogens with zero attached hydrogens (tertiary/aromatic N) is 3. The number of anilines is 1. The number of aryl methyl sites for hydroxylation is 1. The second-order valence-corrected chi connectivity index (χ2v) is 3.56. The van der Waals surface area contributed by atoms with Crippen LogP contribution in [0.25, 0.3) is 0 Å². The SMILES string of the molecule is Cc1cc(N(C)CC(C)(F)F)nc(F)n1. The van der Waals surface area contributed by atoms with Crippen molar-refractivity contribution >= 4 is 5.82 Å². The van der Waals surface area contributed by atoms with Crippen LogP contribution in [0.4, 0.5) is 19.0 Å². The predicted octanol–water partition coefficient (Wildman–Crippen LogP) is 2.02. The molecule has 84 valence electrons. The number of halogens is 3. The van der Waals surface area contributed by atoms with Crippen LogP contribution in [0.5, 0.6) is 0 Å². The average molecular weight is 219 g/mol. The lowest BCUT2D eigenvalue weighted by Gasteiger charge is -2.21. The molecule has 0 amide bonds. The lowest BCUT2D eigenvalue weighted by atomic mass is 10.3. The van der Waals surface area contributed by atoms with E-state index in [1.165, 1.54) is 18.0 Å². The van der Waals surface area contributed by atoms with Gasteiger partial charge < -0.3 is 4.90 Å². The molecule has 0 saturated carbocycles. The highest BCUT2D eigenvalue weighted by atomic mass is 19.3. The fraction of sp³-hybridized carbons (Fsp3) is 0.556. The zero-order chi connectivity index (χ0) is 11.6. The van der Waals surface area contributed by atoms with Crippen molar-refractivity contribution in [3.05, 3.63) is 17.8 Å². The minimum atomic E-state index is -2.84. The van der Waals surface area contributed by atoms with Crippen molar-refractivity contribution in [2.75, 3.05) is 18.5 Å². The second kappa shape index (κ2) is 4.04. The summed E-state index contributed by atoms with van der Waals surface area (Å²) in [4.78, 5) is 8.05. The summed E-state index contributed by atoms with van der Waals surface area (Å²) < 4.78 is 38.1. The Balaban J connectivity index is 2.86. The standard InChI is InChI=1S/C9H12F3N3/c1-6-4-7(14-8(10)13-6)15(3)5-9(2,11)12/h4H,5H2,1-3H3. The molecule has 1 rings (SSSR count).